The second-order valence-corrected chi connectivity index (χ2v) is 5.24. The zero-order valence-corrected chi connectivity index (χ0v) is 9.52. The normalized spacial score (nSPS) is 29.9. The Hall–Kier alpha value is -0.870. The van der Waals surface area contributed by atoms with E-state index in [-0.39, 0.29) is 0 Å². The quantitative estimate of drug-likeness (QED) is 0.776. The fourth-order valence-corrected chi connectivity index (χ4v) is 2.74. The number of imidazole rings is 1. The van der Waals surface area contributed by atoms with E-state index in [1.165, 1.54) is 25.1 Å². The first-order valence-corrected chi connectivity index (χ1v) is 6.19. The summed E-state index contributed by atoms with van der Waals surface area (Å²) in [5, 5.41) is 10.2. The van der Waals surface area contributed by atoms with Gasteiger partial charge in [0.2, 0.25) is 0 Å². The Kier molecular flexibility index (Phi) is 2.30. The fourth-order valence-electron chi connectivity index (χ4n) is 2.74. The summed E-state index contributed by atoms with van der Waals surface area (Å²) in [6, 6.07) is 0. The first-order valence-electron chi connectivity index (χ1n) is 6.19. The molecule has 2 aliphatic rings. The minimum atomic E-state index is -0.701. The Morgan fingerprint density at radius 1 is 1.56 bits per heavy atom. The molecule has 1 aliphatic heterocycles. The molecule has 1 saturated carbocycles. The molecule has 1 aliphatic carbocycles. The number of hydrogen-bond acceptors (Lipinski definition) is 3. The van der Waals surface area contributed by atoms with Gasteiger partial charge in [-0.05, 0) is 19.3 Å². The van der Waals surface area contributed by atoms with Crippen molar-refractivity contribution in [1.29, 1.82) is 0 Å². The minimum absolute atomic E-state index is 0.344. The van der Waals surface area contributed by atoms with Crippen LogP contribution in [0.5, 0.6) is 0 Å². The minimum Gasteiger partial charge on any atom is -0.388 e. The smallest absolute Gasteiger partial charge is 0.111 e. The summed E-state index contributed by atoms with van der Waals surface area (Å²) in [7, 11) is 0. The van der Waals surface area contributed by atoms with Crippen molar-refractivity contribution in [1.82, 2.24) is 9.55 Å². The molecule has 0 bridgehead atoms. The lowest BCUT2D eigenvalue weighted by Crippen LogP contribution is -2.44. The van der Waals surface area contributed by atoms with Crippen molar-refractivity contribution in [3.8, 4) is 0 Å². The summed E-state index contributed by atoms with van der Waals surface area (Å²) in [6.45, 7) is 1.21. The van der Waals surface area contributed by atoms with Gasteiger partial charge in [-0.15, -0.1) is 0 Å². The third kappa shape index (κ3) is 1.48. The van der Waals surface area contributed by atoms with E-state index in [2.05, 4.69) is 9.55 Å². The van der Waals surface area contributed by atoms with Crippen LogP contribution in [0, 0.1) is 0 Å². The van der Waals surface area contributed by atoms with Gasteiger partial charge in [0.05, 0.1) is 5.60 Å². The predicted molar refractivity (Wildman–Crippen MR) is 61.1 cm³/mol. The van der Waals surface area contributed by atoms with Crippen molar-refractivity contribution < 1.29 is 5.11 Å². The first kappa shape index (κ1) is 10.3. The highest BCUT2D eigenvalue weighted by molar-refractivity contribution is 5.16. The van der Waals surface area contributed by atoms with Gasteiger partial charge >= 0.3 is 0 Å². The Bertz CT molecular complexity index is 397. The van der Waals surface area contributed by atoms with Crippen molar-refractivity contribution in [3.05, 3.63) is 17.7 Å². The SMILES string of the molecule is NCC1(O)CCn2c(cnc2C2CCC2)C1. The standard InChI is InChI=1S/C12H19N3O/c13-8-12(16)4-5-15-10(6-12)7-14-11(15)9-2-1-3-9/h7,9,16H,1-6,8,13H2. The van der Waals surface area contributed by atoms with Crippen LogP contribution < -0.4 is 5.73 Å². The summed E-state index contributed by atoms with van der Waals surface area (Å²) in [4.78, 5) is 4.53. The van der Waals surface area contributed by atoms with E-state index >= 15 is 0 Å². The van der Waals surface area contributed by atoms with Crippen LogP contribution in [0.25, 0.3) is 0 Å². The van der Waals surface area contributed by atoms with Crippen LogP contribution in [0.15, 0.2) is 6.20 Å². The maximum absolute atomic E-state index is 10.2. The molecule has 4 heteroatoms. The van der Waals surface area contributed by atoms with Gasteiger partial charge in [0.25, 0.3) is 0 Å². The fraction of sp³-hybridized carbons (Fsp3) is 0.750. The van der Waals surface area contributed by atoms with Gasteiger partial charge < -0.3 is 15.4 Å². The van der Waals surface area contributed by atoms with Crippen molar-refractivity contribution in [2.45, 2.75) is 50.2 Å². The zero-order valence-electron chi connectivity index (χ0n) is 9.52. The molecule has 3 rings (SSSR count). The number of aliphatic hydroxyl groups is 1. The maximum Gasteiger partial charge on any atom is 0.111 e. The van der Waals surface area contributed by atoms with Gasteiger partial charge in [-0.3, -0.25) is 0 Å². The Morgan fingerprint density at radius 2 is 2.38 bits per heavy atom. The molecule has 88 valence electrons. The van der Waals surface area contributed by atoms with Gasteiger partial charge in [-0.2, -0.15) is 0 Å². The monoisotopic (exact) mass is 221 g/mol. The second kappa shape index (κ2) is 3.57. The predicted octanol–water partition coefficient (Wildman–Crippen LogP) is 0.787. The molecule has 0 amide bonds. The first-order chi connectivity index (χ1) is 7.72. The van der Waals surface area contributed by atoms with Crippen LogP contribution in [-0.2, 0) is 13.0 Å². The molecular formula is C12H19N3O. The van der Waals surface area contributed by atoms with Crippen LogP contribution in [0.3, 0.4) is 0 Å². The number of hydrogen-bond donors (Lipinski definition) is 2. The van der Waals surface area contributed by atoms with Crippen LogP contribution in [0.1, 0.15) is 43.1 Å². The molecule has 0 saturated heterocycles. The lowest BCUT2D eigenvalue weighted by Gasteiger charge is -2.34. The molecule has 0 spiro atoms. The Labute approximate surface area is 95.5 Å². The topological polar surface area (TPSA) is 64.1 Å². The van der Waals surface area contributed by atoms with Crippen LogP contribution in [-0.4, -0.2) is 26.8 Å². The summed E-state index contributed by atoms with van der Waals surface area (Å²) in [5.74, 6) is 1.90. The van der Waals surface area contributed by atoms with Crippen molar-refractivity contribution in [3.63, 3.8) is 0 Å². The van der Waals surface area contributed by atoms with Gasteiger partial charge in [0.1, 0.15) is 5.82 Å². The number of fused-ring (bicyclic) bond motifs is 1. The van der Waals surface area contributed by atoms with E-state index in [0.29, 0.717) is 18.9 Å². The molecule has 16 heavy (non-hydrogen) atoms. The van der Waals surface area contributed by atoms with Gasteiger partial charge in [-0.1, -0.05) is 6.42 Å². The molecule has 0 radical (unpaired) electrons. The molecule has 3 N–H and O–H groups in total. The number of nitrogens with two attached hydrogens (primary N) is 1. The van der Waals surface area contributed by atoms with Crippen LogP contribution in [0.2, 0.25) is 0 Å². The third-order valence-electron chi connectivity index (χ3n) is 4.13. The molecular weight excluding hydrogens is 202 g/mol. The lowest BCUT2D eigenvalue weighted by atomic mass is 9.84. The lowest BCUT2D eigenvalue weighted by molar-refractivity contribution is 0.0235. The van der Waals surface area contributed by atoms with Crippen LogP contribution >= 0.6 is 0 Å². The van der Waals surface area contributed by atoms with Crippen LogP contribution in [0.4, 0.5) is 0 Å². The number of nitrogens with zero attached hydrogens (tertiary/aromatic N) is 2. The van der Waals surface area contributed by atoms with E-state index in [1.807, 2.05) is 6.20 Å². The highest BCUT2D eigenvalue weighted by Gasteiger charge is 2.34. The Balaban J connectivity index is 1.88. The molecule has 1 aromatic rings. The average Bonchev–Trinajstić information content (AvgIpc) is 2.59. The van der Waals surface area contributed by atoms with Crippen molar-refractivity contribution in [2.75, 3.05) is 6.54 Å². The highest BCUT2D eigenvalue weighted by Crippen LogP contribution is 2.37. The van der Waals surface area contributed by atoms with Gasteiger partial charge in [0.15, 0.2) is 0 Å². The summed E-state index contributed by atoms with van der Waals surface area (Å²) >= 11 is 0. The third-order valence-corrected chi connectivity index (χ3v) is 4.13. The largest absolute Gasteiger partial charge is 0.388 e. The molecule has 1 atom stereocenters. The van der Waals surface area contributed by atoms with Crippen molar-refractivity contribution >= 4 is 0 Å². The molecule has 1 aromatic heterocycles. The average molecular weight is 221 g/mol. The Morgan fingerprint density at radius 3 is 3.00 bits per heavy atom. The van der Waals surface area contributed by atoms with Crippen molar-refractivity contribution in [2.24, 2.45) is 5.73 Å². The summed E-state index contributed by atoms with van der Waals surface area (Å²) in [6.07, 6.45) is 7.22. The van der Waals surface area contributed by atoms with E-state index in [9.17, 15) is 5.11 Å². The summed E-state index contributed by atoms with van der Waals surface area (Å²) < 4.78 is 2.30. The molecule has 1 fully saturated rings. The number of rotatable bonds is 2. The van der Waals surface area contributed by atoms with E-state index in [4.69, 9.17) is 5.73 Å². The molecule has 1 unspecified atom stereocenters. The zero-order chi connectivity index (χ0) is 11.2. The number of aromatic nitrogens is 2. The van der Waals surface area contributed by atoms with E-state index in [0.717, 1.165) is 18.7 Å². The highest BCUT2D eigenvalue weighted by atomic mass is 16.3. The summed E-state index contributed by atoms with van der Waals surface area (Å²) in [5.41, 5.74) is 6.07. The molecule has 2 heterocycles. The van der Waals surface area contributed by atoms with Gasteiger partial charge in [-0.25, -0.2) is 4.98 Å². The van der Waals surface area contributed by atoms with E-state index in [1.54, 1.807) is 0 Å². The maximum atomic E-state index is 10.2. The molecule has 0 aromatic carbocycles. The molecule has 4 nitrogen and oxygen atoms in total. The second-order valence-electron chi connectivity index (χ2n) is 5.24. The van der Waals surface area contributed by atoms with Gasteiger partial charge in [0, 0.05) is 37.3 Å². The van der Waals surface area contributed by atoms with E-state index < -0.39 is 5.60 Å².